The van der Waals surface area contributed by atoms with Crippen LogP contribution >= 0.6 is 0 Å². The maximum Gasteiger partial charge on any atom is 0.267 e. The van der Waals surface area contributed by atoms with Crippen LogP contribution < -0.4 is 5.56 Å². The van der Waals surface area contributed by atoms with Crippen molar-refractivity contribution in [2.45, 2.75) is 13.8 Å². The van der Waals surface area contributed by atoms with Gasteiger partial charge in [-0.1, -0.05) is 0 Å². The molecule has 0 atom stereocenters. The number of benzene rings is 1. The third-order valence-corrected chi connectivity index (χ3v) is 2.65. The highest BCUT2D eigenvalue weighted by molar-refractivity contribution is 5.63. The quantitative estimate of drug-likeness (QED) is 0.797. The van der Waals surface area contributed by atoms with Crippen molar-refractivity contribution in [2.75, 3.05) is 0 Å². The second-order valence-electron chi connectivity index (χ2n) is 3.66. The summed E-state index contributed by atoms with van der Waals surface area (Å²) >= 11 is 0. The van der Waals surface area contributed by atoms with Crippen molar-refractivity contribution in [1.82, 2.24) is 10.2 Å². The van der Waals surface area contributed by atoms with Gasteiger partial charge in [0.15, 0.2) is 0 Å². The third kappa shape index (κ3) is 1.74. The second kappa shape index (κ2) is 3.89. The van der Waals surface area contributed by atoms with E-state index < -0.39 is 0 Å². The monoisotopic (exact) mass is 218 g/mol. The molecule has 1 aromatic heterocycles. The number of nitrogens with one attached hydrogen (secondary N) is 1. The number of halogens is 1. The van der Waals surface area contributed by atoms with Crippen molar-refractivity contribution in [3.05, 3.63) is 51.6 Å². The summed E-state index contributed by atoms with van der Waals surface area (Å²) < 4.78 is 12.8. The van der Waals surface area contributed by atoms with Crippen LogP contribution in [0.2, 0.25) is 0 Å². The summed E-state index contributed by atoms with van der Waals surface area (Å²) in [5.74, 6) is -0.289. The maximum atomic E-state index is 12.8. The summed E-state index contributed by atoms with van der Waals surface area (Å²) in [5, 5.41) is 6.40. The molecule has 0 unspecified atom stereocenters. The molecule has 0 aliphatic carbocycles. The lowest BCUT2D eigenvalue weighted by atomic mass is 10.0. The Kier molecular flexibility index (Phi) is 2.56. The zero-order chi connectivity index (χ0) is 11.7. The van der Waals surface area contributed by atoms with Crippen molar-refractivity contribution in [3.8, 4) is 11.3 Å². The van der Waals surface area contributed by atoms with E-state index in [0.717, 1.165) is 11.1 Å². The van der Waals surface area contributed by atoms with Gasteiger partial charge in [0.25, 0.3) is 5.56 Å². The average Bonchev–Trinajstić information content (AvgIpc) is 2.28. The van der Waals surface area contributed by atoms with Gasteiger partial charge in [0.05, 0.1) is 5.69 Å². The van der Waals surface area contributed by atoms with Crippen LogP contribution in [0.25, 0.3) is 11.3 Å². The van der Waals surface area contributed by atoms with Crippen LogP contribution in [0.1, 0.15) is 11.1 Å². The second-order valence-corrected chi connectivity index (χ2v) is 3.66. The SMILES string of the molecule is Cc1c(-c2ccc(F)cc2)n[nH]c(=O)c1C. The van der Waals surface area contributed by atoms with E-state index in [2.05, 4.69) is 10.2 Å². The molecular formula is C12H11FN2O. The molecule has 0 radical (unpaired) electrons. The molecular weight excluding hydrogens is 207 g/mol. The zero-order valence-corrected chi connectivity index (χ0v) is 9.04. The minimum atomic E-state index is -0.289. The molecule has 16 heavy (non-hydrogen) atoms. The van der Waals surface area contributed by atoms with Gasteiger partial charge in [0.1, 0.15) is 5.82 Å². The lowest BCUT2D eigenvalue weighted by Crippen LogP contribution is -2.14. The molecule has 2 aromatic rings. The summed E-state index contributed by atoms with van der Waals surface area (Å²) in [7, 11) is 0. The molecule has 0 amide bonds. The van der Waals surface area contributed by atoms with Gasteiger partial charge in [0.2, 0.25) is 0 Å². The van der Waals surface area contributed by atoms with Crippen molar-refractivity contribution < 1.29 is 4.39 Å². The predicted octanol–water partition coefficient (Wildman–Crippen LogP) is 2.19. The van der Waals surface area contributed by atoms with E-state index in [9.17, 15) is 9.18 Å². The van der Waals surface area contributed by atoms with Gasteiger partial charge in [0, 0.05) is 11.1 Å². The van der Waals surface area contributed by atoms with Crippen molar-refractivity contribution >= 4 is 0 Å². The molecule has 1 N–H and O–H groups in total. The van der Waals surface area contributed by atoms with Crippen LogP contribution in [0.3, 0.4) is 0 Å². The largest absolute Gasteiger partial charge is 0.268 e. The fourth-order valence-corrected chi connectivity index (χ4v) is 1.51. The summed E-state index contributed by atoms with van der Waals surface area (Å²) in [6, 6.07) is 6.03. The number of aromatic amines is 1. The molecule has 82 valence electrons. The smallest absolute Gasteiger partial charge is 0.267 e. The molecule has 0 spiro atoms. The topological polar surface area (TPSA) is 45.8 Å². The van der Waals surface area contributed by atoms with E-state index in [1.54, 1.807) is 19.1 Å². The summed E-state index contributed by atoms with van der Waals surface area (Å²) in [4.78, 5) is 11.3. The first-order chi connectivity index (χ1) is 7.59. The molecule has 4 heteroatoms. The maximum absolute atomic E-state index is 12.8. The molecule has 0 aliphatic rings. The van der Waals surface area contributed by atoms with Crippen molar-refractivity contribution in [3.63, 3.8) is 0 Å². The Balaban J connectivity index is 2.61. The molecule has 0 fully saturated rings. The number of hydrogen-bond acceptors (Lipinski definition) is 2. The Bertz CT molecular complexity index is 573. The minimum absolute atomic E-state index is 0.191. The molecule has 0 saturated carbocycles. The van der Waals surface area contributed by atoms with Gasteiger partial charge < -0.3 is 0 Å². The van der Waals surface area contributed by atoms with E-state index in [1.807, 2.05) is 6.92 Å². The van der Waals surface area contributed by atoms with Gasteiger partial charge in [-0.05, 0) is 43.7 Å². The number of aromatic nitrogens is 2. The number of nitrogens with zero attached hydrogens (tertiary/aromatic N) is 1. The Labute approximate surface area is 92.0 Å². The van der Waals surface area contributed by atoms with Gasteiger partial charge in [-0.25, -0.2) is 9.49 Å². The minimum Gasteiger partial charge on any atom is -0.268 e. The van der Waals surface area contributed by atoms with Crippen molar-refractivity contribution in [2.24, 2.45) is 0 Å². The number of rotatable bonds is 1. The highest BCUT2D eigenvalue weighted by Gasteiger charge is 2.08. The molecule has 1 aromatic carbocycles. The first kappa shape index (κ1) is 10.5. The molecule has 1 heterocycles. The lowest BCUT2D eigenvalue weighted by molar-refractivity contribution is 0.628. The average molecular weight is 218 g/mol. The van der Waals surface area contributed by atoms with Gasteiger partial charge >= 0.3 is 0 Å². The molecule has 0 saturated heterocycles. The highest BCUT2D eigenvalue weighted by atomic mass is 19.1. The van der Waals surface area contributed by atoms with E-state index >= 15 is 0 Å². The Morgan fingerprint density at radius 1 is 1.12 bits per heavy atom. The Morgan fingerprint density at radius 2 is 1.75 bits per heavy atom. The van der Waals surface area contributed by atoms with Crippen LogP contribution in [-0.2, 0) is 0 Å². The highest BCUT2D eigenvalue weighted by Crippen LogP contribution is 2.20. The van der Waals surface area contributed by atoms with Crippen LogP contribution in [0.5, 0.6) is 0 Å². The number of hydrogen-bond donors (Lipinski definition) is 1. The zero-order valence-electron chi connectivity index (χ0n) is 9.04. The summed E-state index contributed by atoms with van der Waals surface area (Å²) in [5.41, 5.74) is 2.73. The first-order valence-corrected chi connectivity index (χ1v) is 4.91. The summed E-state index contributed by atoms with van der Waals surface area (Å²) in [6.07, 6.45) is 0. The fourth-order valence-electron chi connectivity index (χ4n) is 1.51. The molecule has 3 nitrogen and oxygen atoms in total. The van der Waals surface area contributed by atoms with Crippen molar-refractivity contribution in [1.29, 1.82) is 0 Å². The molecule has 0 bridgehead atoms. The van der Waals surface area contributed by atoms with Crippen LogP contribution in [0.4, 0.5) is 4.39 Å². The number of H-pyrrole nitrogens is 1. The third-order valence-electron chi connectivity index (χ3n) is 2.65. The van der Waals surface area contributed by atoms with E-state index in [0.29, 0.717) is 11.3 Å². The van der Waals surface area contributed by atoms with E-state index in [4.69, 9.17) is 0 Å². The molecule has 2 rings (SSSR count). The van der Waals surface area contributed by atoms with E-state index in [1.165, 1.54) is 12.1 Å². The van der Waals surface area contributed by atoms with Gasteiger partial charge in [-0.3, -0.25) is 4.79 Å². The van der Waals surface area contributed by atoms with Crippen LogP contribution in [0, 0.1) is 19.7 Å². The molecule has 0 aliphatic heterocycles. The Hall–Kier alpha value is -1.97. The fraction of sp³-hybridized carbons (Fsp3) is 0.167. The first-order valence-electron chi connectivity index (χ1n) is 4.91. The standard InChI is InChI=1S/C12H11FN2O/c1-7-8(2)12(16)15-14-11(7)9-3-5-10(13)6-4-9/h3-6H,1-2H3,(H,15,16). The Morgan fingerprint density at radius 3 is 2.38 bits per heavy atom. The normalized spacial score (nSPS) is 10.4. The lowest BCUT2D eigenvalue weighted by Gasteiger charge is -2.06. The predicted molar refractivity (Wildman–Crippen MR) is 59.7 cm³/mol. The van der Waals surface area contributed by atoms with E-state index in [-0.39, 0.29) is 11.4 Å². The van der Waals surface area contributed by atoms with Crippen LogP contribution in [-0.4, -0.2) is 10.2 Å². The van der Waals surface area contributed by atoms with Gasteiger partial charge in [-0.15, -0.1) is 0 Å². The van der Waals surface area contributed by atoms with Gasteiger partial charge in [-0.2, -0.15) is 5.10 Å². The van der Waals surface area contributed by atoms with Crippen LogP contribution in [0.15, 0.2) is 29.1 Å². The summed E-state index contributed by atoms with van der Waals surface area (Å²) in [6.45, 7) is 3.57.